The van der Waals surface area contributed by atoms with Gasteiger partial charge in [0.05, 0.1) is 0 Å². The molecule has 0 bridgehead atoms. The second-order valence-electron chi connectivity index (χ2n) is 6.18. The molecule has 1 fully saturated rings. The van der Waals surface area contributed by atoms with Gasteiger partial charge >= 0.3 is 5.97 Å². The zero-order chi connectivity index (χ0) is 14.1. The van der Waals surface area contributed by atoms with Gasteiger partial charge in [-0.25, -0.2) is 0 Å². The number of hydrogen-bond acceptors (Lipinski definition) is 2. The summed E-state index contributed by atoms with van der Waals surface area (Å²) in [5.74, 6) is 0.190. The molecule has 3 nitrogen and oxygen atoms in total. The molecular weight excluding hydrogens is 238 g/mol. The fourth-order valence-electron chi connectivity index (χ4n) is 3.07. The van der Waals surface area contributed by atoms with Crippen LogP contribution in [0.15, 0.2) is 0 Å². The van der Waals surface area contributed by atoms with E-state index in [-0.39, 0.29) is 6.04 Å². The van der Waals surface area contributed by atoms with E-state index in [0.29, 0.717) is 6.04 Å². The fourth-order valence-corrected chi connectivity index (χ4v) is 3.07. The average Bonchev–Trinajstić information content (AvgIpc) is 2.42. The van der Waals surface area contributed by atoms with Gasteiger partial charge in [-0.1, -0.05) is 51.9 Å². The Labute approximate surface area is 118 Å². The second-order valence-corrected chi connectivity index (χ2v) is 6.18. The molecule has 19 heavy (non-hydrogen) atoms. The standard InChI is InChI=1S/C16H31NO2/c1-3-4-10-15(16(18)19)17-13(2)11-12-14-8-6-5-7-9-14/h13-15,17H,3-12H2,1-2H3,(H,18,19)/t13?,15-/m0/s1. The molecule has 2 N–H and O–H groups in total. The van der Waals surface area contributed by atoms with Crippen LogP contribution in [0, 0.1) is 5.92 Å². The van der Waals surface area contributed by atoms with Crippen LogP contribution in [0.5, 0.6) is 0 Å². The Morgan fingerprint density at radius 1 is 1.26 bits per heavy atom. The van der Waals surface area contributed by atoms with Crippen LogP contribution in [0.3, 0.4) is 0 Å². The predicted molar refractivity (Wildman–Crippen MR) is 79.4 cm³/mol. The Bertz CT molecular complexity index is 249. The molecule has 1 aliphatic carbocycles. The lowest BCUT2D eigenvalue weighted by atomic mass is 9.85. The van der Waals surface area contributed by atoms with Gasteiger partial charge < -0.3 is 10.4 Å². The van der Waals surface area contributed by atoms with Crippen molar-refractivity contribution in [2.75, 3.05) is 0 Å². The Hall–Kier alpha value is -0.570. The maximum absolute atomic E-state index is 11.2. The summed E-state index contributed by atoms with van der Waals surface area (Å²) in [5.41, 5.74) is 0. The third-order valence-corrected chi connectivity index (χ3v) is 4.36. The number of nitrogens with one attached hydrogen (secondary N) is 1. The summed E-state index contributed by atoms with van der Waals surface area (Å²) in [5, 5.41) is 12.5. The van der Waals surface area contributed by atoms with Crippen LogP contribution in [0.2, 0.25) is 0 Å². The van der Waals surface area contributed by atoms with Crippen molar-refractivity contribution in [3.8, 4) is 0 Å². The number of carboxylic acids is 1. The summed E-state index contributed by atoms with van der Waals surface area (Å²) < 4.78 is 0. The lowest BCUT2D eigenvalue weighted by molar-refractivity contribution is -0.139. The molecule has 0 saturated heterocycles. The molecule has 0 radical (unpaired) electrons. The molecule has 0 spiro atoms. The molecule has 2 atom stereocenters. The SMILES string of the molecule is CCCC[C@H](NC(C)CCC1CCCCC1)C(=O)O. The number of unbranched alkanes of at least 4 members (excludes halogenated alkanes) is 1. The van der Waals surface area contributed by atoms with E-state index in [1.54, 1.807) is 0 Å². The second kappa shape index (κ2) is 9.35. The Balaban J connectivity index is 2.22. The lowest BCUT2D eigenvalue weighted by Gasteiger charge is -2.25. The number of aliphatic carboxylic acids is 1. The van der Waals surface area contributed by atoms with Crippen LogP contribution in [-0.2, 0) is 4.79 Å². The van der Waals surface area contributed by atoms with Gasteiger partial charge in [0.2, 0.25) is 0 Å². The Kier molecular flexibility index (Phi) is 8.11. The van der Waals surface area contributed by atoms with Gasteiger partial charge in [-0.15, -0.1) is 0 Å². The van der Waals surface area contributed by atoms with Gasteiger partial charge in [-0.3, -0.25) is 4.79 Å². The molecule has 1 aliphatic rings. The minimum absolute atomic E-state index is 0.319. The fraction of sp³-hybridized carbons (Fsp3) is 0.938. The van der Waals surface area contributed by atoms with Crippen LogP contribution in [0.4, 0.5) is 0 Å². The van der Waals surface area contributed by atoms with E-state index in [1.165, 1.54) is 38.5 Å². The zero-order valence-corrected chi connectivity index (χ0v) is 12.7. The first kappa shape index (κ1) is 16.5. The van der Waals surface area contributed by atoms with E-state index in [0.717, 1.165) is 31.6 Å². The normalized spacial score (nSPS) is 20.1. The van der Waals surface area contributed by atoms with Crippen molar-refractivity contribution in [3.63, 3.8) is 0 Å². The molecule has 0 heterocycles. The first-order valence-corrected chi connectivity index (χ1v) is 8.12. The third kappa shape index (κ3) is 6.95. The highest BCUT2D eigenvalue weighted by Gasteiger charge is 2.20. The van der Waals surface area contributed by atoms with E-state index in [1.807, 2.05) is 0 Å². The number of hydrogen-bond donors (Lipinski definition) is 2. The van der Waals surface area contributed by atoms with Gasteiger partial charge in [0, 0.05) is 6.04 Å². The summed E-state index contributed by atoms with van der Waals surface area (Å²) >= 11 is 0. The highest BCUT2D eigenvalue weighted by molar-refractivity contribution is 5.73. The van der Waals surface area contributed by atoms with Gasteiger partial charge in [0.1, 0.15) is 6.04 Å². The van der Waals surface area contributed by atoms with Gasteiger partial charge in [-0.2, -0.15) is 0 Å². The van der Waals surface area contributed by atoms with Crippen LogP contribution < -0.4 is 5.32 Å². The van der Waals surface area contributed by atoms with Crippen LogP contribution >= 0.6 is 0 Å². The summed E-state index contributed by atoms with van der Waals surface area (Å²) in [6.45, 7) is 4.23. The molecule has 0 aromatic carbocycles. The molecule has 1 saturated carbocycles. The predicted octanol–water partition coefficient (Wildman–Crippen LogP) is 3.97. The van der Waals surface area contributed by atoms with Gasteiger partial charge in [-0.05, 0) is 32.1 Å². The molecule has 112 valence electrons. The average molecular weight is 269 g/mol. The first-order chi connectivity index (χ1) is 9.13. The maximum atomic E-state index is 11.2. The zero-order valence-electron chi connectivity index (χ0n) is 12.7. The molecular formula is C16H31NO2. The lowest BCUT2D eigenvalue weighted by Crippen LogP contribution is -2.42. The molecule has 1 rings (SSSR count). The van der Waals surface area contributed by atoms with E-state index in [2.05, 4.69) is 19.2 Å². The van der Waals surface area contributed by atoms with E-state index < -0.39 is 5.97 Å². The Morgan fingerprint density at radius 3 is 2.53 bits per heavy atom. The van der Waals surface area contributed by atoms with Crippen molar-refractivity contribution in [1.82, 2.24) is 5.32 Å². The molecule has 0 amide bonds. The monoisotopic (exact) mass is 269 g/mol. The van der Waals surface area contributed by atoms with Crippen molar-refractivity contribution in [3.05, 3.63) is 0 Å². The summed E-state index contributed by atoms with van der Waals surface area (Å²) in [4.78, 5) is 11.2. The third-order valence-electron chi connectivity index (χ3n) is 4.36. The molecule has 0 aromatic rings. The topological polar surface area (TPSA) is 49.3 Å². The summed E-state index contributed by atoms with van der Waals surface area (Å²) in [6.07, 6.45) is 12.1. The highest BCUT2D eigenvalue weighted by Crippen LogP contribution is 2.27. The van der Waals surface area contributed by atoms with Crippen molar-refractivity contribution >= 4 is 5.97 Å². The number of carbonyl (C=O) groups is 1. The van der Waals surface area contributed by atoms with Crippen molar-refractivity contribution in [2.45, 2.75) is 90.1 Å². The minimum atomic E-state index is -0.696. The van der Waals surface area contributed by atoms with Crippen molar-refractivity contribution in [1.29, 1.82) is 0 Å². The minimum Gasteiger partial charge on any atom is -0.480 e. The van der Waals surface area contributed by atoms with Gasteiger partial charge in [0.15, 0.2) is 0 Å². The number of rotatable bonds is 9. The first-order valence-electron chi connectivity index (χ1n) is 8.12. The van der Waals surface area contributed by atoms with Crippen LogP contribution in [0.25, 0.3) is 0 Å². The van der Waals surface area contributed by atoms with E-state index >= 15 is 0 Å². The van der Waals surface area contributed by atoms with Crippen molar-refractivity contribution in [2.24, 2.45) is 5.92 Å². The summed E-state index contributed by atoms with van der Waals surface area (Å²) in [7, 11) is 0. The van der Waals surface area contributed by atoms with Gasteiger partial charge in [0.25, 0.3) is 0 Å². The summed E-state index contributed by atoms with van der Waals surface area (Å²) in [6, 6.07) is -0.0406. The number of carboxylic acid groups (broad SMARTS) is 1. The molecule has 0 aromatic heterocycles. The largest absolute Gasteiger partial charge is 0.480 e. The van der Waals surface area contributed by atoms with E-state index in [4.69, 9.17) is 0 Å². The molecule has 1 unspecified atom stereocenters. The van der Waals surface area contributed by atoms with Crippen LogP contribution in [0.1, 0.15) is 78.1 Å². The van der Waals surface area contributed by atoms with E-state index in [9.17, 15) is 9.90 Å². The van der Waals surface area contributed by atoms with Crippen molar-refractivity contribution < 1.29 is 9.90 Å². The Morgan fingerprint density at radius 2 is 1.95 bits per heavy atom. The molecule has 0 aliphatic heterocycles. The smallest absolute Gasteiger partial charge is 0.320 e. The van der Waals surface area contributed by atoms with Crippen LogP contribution in [-0.4, -0.2) is 23.2 Å². The maximum Gasteiger partial charge on any atom is 0.320 e. The quantitative estimate of drug-likeness (QED) is 0.666. The molecule has 3 heteroatoms. The highest BCUT2D eigenvalue weighted by atomic mass is 16.4.